The fraction of sp³-hybridized carbons (Fsp3) is 0.286. The van der Waals surface area contributed by atoms with Gasteiger partial charge >= 0.3 is 0 Å². The smallest absolute Gasteiger partial charge is 0.249 e. The Morgan fingerprint density at radius 3 is 2.82 bits per heavy atom. The van der Waals surface area contributed by atoms with Gasteiger partial charge in [0.15, 0.2) is 5.82 Å². The van der Waals surface area contributed by atoms with Crippen molar-refractivity contribution in [2.45, 2.75) is 13.5 Å². The van der Waals surface area contributed by atoms with Crippen molar-refractivity contribution in [1.29, 1.82) is 0 Å². The zero-order valence-electron chi connectivity index (χ0n) is 12.3. The molecule has 0 unspecified atom stereocenters. The third-order valence-electron chi connectivity index (χ3n) is 2.74. The van der Waals surface area contributed by atoms with Crippen LogP contribution >= 0.6 is 0 Å². The van der Waals surface area contributed by atoms with Crippen LogP contribution in [0.25, 0.3) is 6.08 Å². The Kier molecular flexibility index (Phi) is 4.81. The molecule has 0 fully saturated rings. The van der Waals surface area contributed by atoms with Crippen molar-refractivity contribution in [3.8, 4) is 0 Å². The molecule has 118 valence electrons. The Morgan fingerprint density at radius 2 is 2.18 bits per heavy atom. The van der Waals surface area contributed by atoms with Gasteiger partial charge in [-0.05, 0) is 25.1 Å². The monoisotopic (exact) mass is 323 g/mol. The zero-order chi connectivity index (χ0) is 16.2. The number of furan rings is 1. The number of hydrogen-bond donors (Lipinski definition) is 1. The summed E-state index contributed by atoms with van der Waals surface area (Å²) in [6.45, 7) is 2.07. The van der Waals surface area contributed by atoms with Crippen molar-refractivity contribution in [2.24, 2.45) is 0 Å². The number of nitrogens with one attached hydrogen (secondary N) is 1. The molecule has 0 aliphatic heterocycles. The van der Waals surface area contributed by atoms with Gasteiger partial charge in [0, 0.05) is 24.6 Å². The van der Waals surface area contributed by atoms with Crippen molar-refractivity contribution >= 4 is 27.6 Å². The van der Waals surface area contributed by atoms with Gasteiger partial charge in [0.05, 0.1) is 12.3 Å². The minimum atomic E-state index is -3.04. The van der Waals surface area contributed by atoms with Crippen LogP contribution in [0.15, 0.2) is 34.9 Å². The lowest BCUT2D eigenvalue weighted by Gasteiger charge is -2.00. The highest BCUT2D eigenvalue weighted by atomic mass is 32.2. The predicted molar refractivity (Wildman–Crippen MR) is 83.0 cm³/mol. The van der Waals surface area contributed by atoms with E-state index in [1.54, 1.807) is 30.5 Å². The second-order valence-electron chi connectivity index (χ2n) is 4.86. The first-order chi connectivity index (χ1) is 10.3. The molecule has 0 atom stereocenters. The Balaban J connectivity index is 1.89. The van der Waals surface area contributed by atoms with E-state index >= 15 is 0 Å². The van der Waals surface area contributed by atoms with E-state index in [4.69, 9.17) is 4.42 Å². The average Bonchev–Trinajstić information content (AvgIpc) is 3.02. The summed E-state index contributed by atoms with van der Waals surface area (Å²) in [5.41, 5.74) is 0. The van der Waals surface area contributed by atoms with Crippen LogP contribution < -0.4 is 5.32 Å². The van der Waals surface area contributed by atoms with Gasteiger partial charge in [-0.2, -0.15) is 5.10 Å². The van der Waals surface area contributed by atoms with Crippen LogP contribution in [0.1, 0.15) is 11.5 Å². The summed E-state index contributed by atoms with van der Waals surface area (Å²) in [5.74, 6) is 1.37. The molecule has 2 aromatic rings. The molecule has 1 amide bonds. The molecule has 0 radical (unpaired) electrons. The third-order valence-corrected chi connectivity index (χ3v) is 3.67. The lowest BCUT2D eigenvalue weighted by Crippen LogP contribution is -2.13. The zero-order valence-corrected chi connectivity index (χ0v) is 13.1. The van der Waals surface area contributed by atoms with Gasteiger partial charge in [-0.25, -0.2) is 8.42 Å². The van der Waals surface area contributed by atoms with E-state index in [0.29, 0.717) is 11.6 Å². The number of carbonyl (C=O) groups excluding carboxylic acids is 1. The Hall–Kier alpha value is -2.35. The molecule has 7 nitrogen and oxygen atoms in total. The van der Waals surface area contributed by atoms with Crippen LogP contribution in [0.2, 0.25) is 0 Å². The van der Waals surface area contributed by atoms with E-state index in [9.17, 15) is 13.2 Å². The second-order valence-corrected chi connectivity index (χ2v) is 7.12. The molecule has 0 aliphatic carbocycles. The quantitative estimate of drug-likeness (QED) is 0.813. The molecule has 0 saturated heterocycles. The summed E-state index contributed by atoms with van der Waals surface area (Å²) in [6, 6.07) is 5.17. The number of hydrogen-bond acceptors (Lipinski definition) is 5. The lowest BCUT2D eigenvalue weighted by molar-refractivity contribution is -0.111. The standard InChI is InChI=1S/C14H17N3O4S/c1-11-3-4-12(21-11)5-6-14(18)15-13-7-8-17(16-13)9-10-22(2,19)20/h3-8H,9-10H2,1-2H3,(H,15,16,18)/b6-5-. The normalized spacial score (nSPS) is 11.9. The lowest BCUT2D eigenvalue weighted by atomic mass is 10.4. The molecule has 8 heteroatoms. The maximum absolute atomic E-state index is 11.7. The number of aromatic nitrogens is 2. The first-order valence-electron chi connectivity index (χ1n) is 6.58. The minimum Gasteiger partial charge on any atom is -0.462 e. The highest BCUT2D eigenvalue weighted by Crippen LogP contribution is 2.08. The van der Waals surface area contributed by atoms with Gasteiger partial charge in [-0.3, -0.25) is 9.48 Å². The Labute approximate surface area is 128 Å². The first kappa shape index (κ1) is 16.0. The largest absolute Gasteiger partial charge is 0.462 e. The number of amides is 1. The minimum absolute atomic E-state index is 0.000185. The summed E-state index contributed by atoms with van der Waals surface area (Å²) in [6.07, 6.45) is 5.68. The number of carbonyl (C=O) groups is 1. The van der Waals surface area contributed by atoms with Crippen molar-refractivity contribution in [3.63, 3.8) is 0 Å². The van der Waals surface area contributed by atoms with Crippen LogP contribution in [0, 0.1) is 6.92 Å². The summed E-state index contributed by atoms with van der Waals surface area (Å²) >= 11 is 0. The van der Waals surface area contributed by atoms with E-state index in [0.717, 1.165) is 5.76 Å². The van der Waals surface area contributed by atoms with E-state index in [1.165, 1.54) is 17.0 Å². The van der Waals surface area contributed by atoms with Gasteiger partial charge in [-0.15, -0.1) is 0 Å². The second kappa shape index (κ2) is 6.61. The predicted octanol–water partition coefficient (Wildman–Crippen LogP) is 1.48. The van der Waals surface area contributed by atoms with Crippen molar-refractivity contribution in [3.05, 3.63) is 42.0 Å². The molecule has 0 bridgehead atoms. The molecule has 0 saturated carbocycles. The van der Waals surface area contributed by atoms with Gasteiger partial charge in [0.1, 0.15) is 21.4 Å². The highest BCUT2D eigenvalue weighted by Gasteiger charge is 2.06. The van der Waals surface area contributed by atoms with Crippen LogP contribution in [-0.4, -0.2) is 36.1 Å². The topological polar surface area (TPSA) is 94.2 Å². The van der Waals surface area contributed by atoms with Crippen LogP contribution in [0.5, 0.6) is 0 Å². The van der Waals surface area contributed by atoms with Gasteiger partial charge < -0.3 is 9.73 Å². The molecular weight excluding hydrogens is 306 g/mol. The van der Waals surface area contributed by atoms with Crippen molar-refractivity contribution in [1.82, 2.24) is 9.78 Å². The van der Waals surface area contributed by atoms with Crippen molar-refractivity contribution in [2.75, 3.05) is 17.3 Å². The number of anilines is 1. The number of aryl methyl sites for hydroxylation is 2. The average molecular weight is 323 g/mol. The maximum Gasteiger partial charge on any atom is 0.249 e. The van der Waals surface area contributed by atoms with E-state index in [-0.39, 0.29) is 18.2 Å². The summed E-state index contributed by atoms with van der Waals surface area (Å²) in [7, 11) is -3.04. The molecule has 2 heterocycles. The van der Waals surface area contributed by atoms with Gasteiger partial charge in [0.2, 0.25) is 5.91 Å². The fourth-order valence-electron chi connectivity index (χ4n) is 1.68. The van der Waals surface area contributed by atoms with Gasteiger partial charge in [0.25, 0.3) is 0 Å². The number of sulfone groups is 1. The molecule has 2 rings (SSSR count). The molecule has 0 spiro atoms. The van der Waals surface area contributed by atoms with E-state index in [2.05, 4.69) is 10.4 Å². The van der Waals surface area contributed by atoms with Crippen molar-refractivity contribution < 1.29 is 17.6 Å². The highest BCUT2D eigenvalue weighted by molar-refractivity contribution is 7.90. The molecule has 1 N–H and O–H groups in total. The molecule has 22 heavy (non-hydrogen) atoms. The van der Waals surface area contributed by atoms with E-state index in [1.807, 2.05) is 6.92 Å². The summed E-state index contributed by atoms with van der Waals surface area (Å²) in [4.78, 5) is 11.7. The third kappa shape index (κ3) is 5.21. The Bertz CT molecular complexity index is 787. The summed E-state index contributed by atoms with van der Waals surface area (Å²) < 4.78 is 28.9. The fourth-order valence-corrected chi connectivity index (χ4v) is 2.20. The molecular formula is C14H17N3O4S. The molecule has 0 aromatic carbocycles. The maximum atomic E-state index is 11.7. The van der Waals surface area contributed by atoms with E-state index < -0.39 is 9.84 Å². The first-order valence-corrected chi connectivity index (χ1v) is 8.64. The van der Waals surface area contributed by atoms with Gasteiger partial charge in [-0.1, -0.05) is 0 Å². The number of rotatable bonds is 6. The Morgan fingerprint density at radius 1 is 1.41 bits per heavy atom. The summed E-state index contributed by atoms with van der Waals surface area (Å²) in [5, 5.41) is 6.66. The van der Waals surface area contributed by atoms with Crippen LogP contribution in [0.4, 0.5) is 5.82 Å². The molecule has 2 aromatic heterocycles. The SMILES string of the molecule is Cc1ccc(/C=C\C(=O)Nc2ccn(CCS(C)(=O)=O)n2)o1. The van der Waals surface area contributed by atoms with Crippen LogP contribution in [-0.2, 0) is 21.2 Å². The van der Waals surface area contributed by atoms with Crippen LogP contribution in [0.3, 0.4) is 0 Å². The number of nitrogens with zero attached hydrogens (tertiary/aromatic N) is 2. The molecule has 0 aliphatic rings.